The maximum atomic E-state index is 5.28. The average Bonchev–Trinajstić information content (AvgIpc) is 3.04. The number of ether oxygens (including phenoxy) is 1. The molecule has 106 valence electrons. The van der Waals surface area contributed by atoms with Gasteiger partial charge in [-0.15, -0.1) is 0 Å². The highest BCUT2D eigenvalue weighted by molar-refractivity contribution is 9.09. The summed E-state index contributed by atoms with van der Waals surface area (Å²) >= 11 is 5.28. The fraction of sp³-hybridized carbons (Fsp3) is 0.188. The molecule has 2 aromatic heterocycles. The Kier molecular flexibility index (Phi) is 3.12. The second-order valence-electron chi connectivity index (χ2n) is 4.98. The summed E-state index contributed by atoms with van der Waals surface area (Å²) in [5, 5.41) is 0. The zero-order valence-electron chi connectivity index (χ0n) is 11.4. The minimum atomic E-state index is 0.443. The van der Waals surface area contributed by atoms with Crippen LogP contribution in [0.15, 0.2) is 42.6 Å². The van der Waals surface area contributed by atoms with E-state index in [-0.39, 0.29) is 0 Å². The van der Waals surface area contributed by atoms with E-state index < -0.39 is 0 Å². The van der Waals surface area contributed by atoms with E-state index in [0.29, 0.717) is 4.83 Å². The molecule has 0 N–H and O–H groups in total. The number of hydrogen-bond acceptors (Lipinski definition) is 3. The molecule has 0 amide bonds. The van der Waals surface area contributed by atoms with Crippen LogP contribution in [-0.2, 0) is 0 Å². The first kappa shape index (κ1) is 13.1. The maximum Gasteiger partial charge on any atom is 0.195 e. The van der Waals surface area contributed by atoms with Crippen molar-refractivity contribution in [1.82, 2.24) is 9.38 Å². The Balaban J connectivity index is 1.82. The third-order valence-electron chi connectivity index (χ3n) is 3.64. The summed E-state index contributed by atoms with van der Waals surface area (Å²) in [6.07, 6.45) is 9.67. The second-order valence-corrected chi connectivity index (χ2v) is 7.17. The molecular weight excluding hydrogens is 348 g/mol. The molecule has 0 aliphatic heterocycles. The molecule has 21 heavy (non-hydrogen) atoms. The highest BCUT2D eigenvalue weighted by Crippen LogP contribution is 2.32. The number of fused-ring (bicyclic) bond motifs is 3. The van der Waals surface area contributed by atoms with Crippen molar-refractivity contribution >= 4 is 48.0 Å². The quantitative estimate of drug-likeness (QED) is 0.621. The number of hydrogen-bond donors (Lipinski definition) is 0. The third-order valence-corrected chi connectivity index (χ3v) is 5.34. The van der Waals surface area contributed by atoms with Crippen molar-refractivity contribution < 1.29 is 4.74 Å². The summed E-state index contributed by atoms with van der Waals surface area (Å²) < 4.78 is 8.63. The number of aromatic nitrogens is 2. The lowest BCUT2D eigenvalue weighted by atomic mass is 10.1. The van der Waals surface area contributed by atoms with Crippen LogP contribution in [0.2, 0.25) is 0 Å². The summed E-state index contributed by atoms with van der Waals surface area (Å²) in [7, 11) is 1.69. The largest absolute Gasteiger partial charge is 0.497 e. The lowest BCUT2D eigenvalue weighted by Gasteiger charge is -2.08. The Labute approximate surface area is 134 Å². The molecule has 3 aromatic rings. The van der Waals surface area contributed by atoms with Gasteiger partial charge in [0.1, 0.15) is 5.75 Å². The van der Waals surface area contributed by atoms with Gasteiger partial charge in [0.15, 0.2) is 4.96 Å². The Morgan fingerprint density at radius 2 is 2.33 bits per heavy atom. The summed E-state index contributed by atoms with van der Waals surface area (Å²) in [5.74, 6) is 0.883. The van der Waals surface area contributed by atoms with E-state index >= 15 is 0 Å². The van der Waals surface area contributed by atoms with E-state index in [2.05, 4.69) is 56.9 Å². The van der Waals surface area contributed by atoms with Crippen molar-refractivity contribution in [2.45, 2.75) is 11.2 Å². The first-order valence-electron chi connectivity index (χ1n) is 6.73. The van der Waals surface area contributed by atoms with Crippen LogP contribution in [0.1, 0.15) is 12.1 Å². The van der Waals surface area contributed by atoms with Crippen molar-refractivity contribution in [3.05, 3.63) is 48.3 Å². The van der Waals surface area contributed by atoms with Crippen LogP contribution in [0.3, 0.4) is 0 Å². The SMILES string of the molecule is COc1ccc2c(c1)sc1nc(C3=CCC(Br)C=C3)cn12. The van der Waals surface area contributed by atoms with Crippen molar-refractivity contribution in [2.24, 2.45) is 0 Å². The minimum absolute atomic E-state index is 0.443. The van der Waals surface area contributed by atoms with E-state index in [4.69, 9.17) is 9.72 Å². The number of alkyl halides is 1. The Morgan fingerprint density at radius 3 is 3.10 bits per heavy atom. The molecule has 1 aromatic carbocycles. The van der Waals surface area contributed by atoms with Gasteiger partial charge in [-0.05, 0) is 30.2 Å². The van der Waals surface area contributed by atoms with Crippen molar-refractivity contribution in [2.75, 3.05) is 7.11 Å². The molecule has 2 heterocycles. The summed E-state index contributed by atoms with van der Waals surface area (Å²) in [5.41, 5.74) is 3.41. The van der Waals surface area contributed by atoms with Gasteiger partial charge in [-0.3, -0.25) is 4.40 Å². The number of thiazole rings is 1. The number of allylic oxidation sites excluding steroid dienone is 4. The highest BCUT2D eigenvalue weighted by atomic mass is 79.9. The van der Waals surface area contributed by atoms with Crippen molar-refractivity contribution in [1.29, 1.82) is 0 Å². The zero-order valence-corrected chi connectivity index (χ0v) is 13.8. The number of halogens is 1. The molecule has 1 aliphatic carbocycles. The molecule has 0 radical (unpaired) electrons. The summed E-state index contributed by atoms with van der Waals surface area (Å²) in [6, 6.07) is 6.13. The lowest BCUT2D eigenvalue weighted by molar-refractivity contribution is 0.415. The van der Waals surface area contributed by atoms with Gasteiger partial charge in [0.05, 0.1) is 23.0 Å². The van der Waals surface area contributed by atoms with Crippen LogP contribution in [0, 0.1) is 0 Å². The van der Waals surface area contributed by atoms with Gasteiger partial charge in [-0.2, -0.15) is 0 Å². The normalized spacial score (nSPS) is 18.4. The molecule has 3 nitrogen and oxygen atoms in total. The summed E-state index contributed by atoms with van der Waals surface area (Å²) in [4.78, 5) is 6.22. The zero-order chi connectivity index (χ0) is 14.4. The van der Waals surface area contributed by atoms with Crippen LogP contribution in [0.5, 0.6) is 5.75 Å². The Hall–Kier alpha value is -1.59. The van der Waals surface area contributed by atoms with Gasteiger partial charge in [0.2, 0.25) is 0 Å². The van der Waals surface area contributed by atoms with Gasteiger partial charge in [-0.1, -0.05) is 45.5 Å². The number of nitrogens with zero attached hydrogens (tertiary/aromatic N) is 2. The van der Waals surface area contributed by atoms with Crippen LogP contribution in [0.25, 0.3) is 20.8 Å². The van der Waals surface area contributed by atoms with Crippen LogP contribution >= 0.6 is 27.3 Å². The molecule has 0 spiro atoms. The Morgan fingerprint density at radius 1 is 1.43 bits per heavy atom. The molecule has 0 fully saturated rings. The fourth-order valence-electron chi connectivity index (χ4n) is 2.53. The molecule has 1 unspecified atom stereocenters. The molecule has 0 bridgehead atoms. The van der Waals surface area contributed by atoms with Crippen LogP contribution < -0.4 is 4.74 Å². The van der Waals surface area contributed by atoms with Gasteiger partial charge < -0.3 is 4.74 Å². The predicted molar refractivity (Wildman–Crippen MR) is 91.6 cm³/mol. The molecule has 1 atom stereocenters. The highest BCUT2D eigenvalue weighted by Gasteiger charge is 2.13. The number of methoxy groups -OCH3 is 1. The predicted octanol–water partition coefficient (Wildman–Crippen LogP) is 4.66. The number of imidazole rings is 1. The fourth-order valence-corrected chi connectivity index (χ4v) is 3.91. The molecule has 0 saturated heterocycles. The first-order valence-corrected chi connectivity index (χ1v) is 8.46. The molecule has 5 heteroatoms. The van der Waals surface area contributed by atoms with Crippen LogP contribution in [-0.4, -0.2) is 21.3 Å². The topological polar surface area (TPSA) is 26.5 Å². The van der Waals surface area contributed by atoms with Crippen molar-refractivity contribution in [3.8, 4) is 5.75 Å². The summed E-state index contributed by atoms with van der Waals surface area (Å²) in [6.45, 7) is 0. The average molecular weight is 361 g/mol. The molecule has 1 aliphatic rings. The van der Waals surface area contributed by atoms with E-state index in [9.17, 15) is 0 Å². The van der Waals surface area contributed by atoms with Gasteiger partial charge in [0.25, 0.3) is 0 Å². The lowest BCUT2D eigenvalue weighted by Crippen LogP contribution is -1.96. The third kappa shape index (κ3) is 2.21. The van der Waals surface area contributed by atoms with E-state index in [1.165, 1.54) is 15.8 Å². The standard InChI is InChI=1S/C16H13BrN2OS/c1-20-12-6-7-14-15(8-12)21-16-18-13(9-19(14)16)10-2-4-11(17)5-3-10/h2-4,6-9,11H,5H2,1H3. The number of rotatable bonds is 2. The molecule has 4 rings (SSSR count). The molecule has 0 saturated carbocycles. The minimum Gasteiger partial charge on any atom is -0.497 e. The van der Waals surface area contributed by atoms with Crippen LogP contribution in [0.4, 0.5) is 0 Å². The van der Waals surface area contributed by atoms with Crippen molar-refractivity contribution in [3.63, 3.8) is 0 Å². The molecular formula is C16H13BrN2OS. The van der Waals surface area contributed by atoms with Gasteiger partial charge >= 0.3 is 0 Å². The van der Waals surface area contributed by atoms with Gasteiger partial charge in [0, 0.05) is 11.0 Å². The van der Waals surface area contributed by atoms with Gasteiger partial charge in [-0.25, -0.2) is 4.98 Å². The van der Waals surface area contributed by atoms with E-state index in [0.717, 1.165) is 22.8 Å². The van der Waals surface area contributed by atoms with E-state index in [1.807, 2.05) is 6.07 Å². The van der Waals surface area contributed by atoms with E-state index in [1.54, 1.807) is 18.4 Å². The second kappa shape index (κ2) is 5.00. The monoisotopic (exact) mass is 360 g/mol. The smallest absolute Gasteiger partial charge is 0.195 e. The number of benzene rings is 1. The maximum absolute atomic E-state index is 5.28. The first-order chi connectivity index (χ1) is 10.2. The Bertz CT molecular complexity index is 890.